The Hall–Kier alpha value is -3.08. The molecule has 1 N–H and O–H groups in total. The van der Waals surface area contributed by atoms with Gasteiger partial charge in [-0.1, -0.05) is 23.9 Å². The molecule has 0 aliphatic carbocycles. The monoisotopic (exact) mass is 409 g/mol. The zero-order valence-electron chi connectivity index (χ0n) is 14.5. The van der Waals surface area contributed by atoms with Crippen molar-refractivity contribution in [3.05, 3.63) is 54.1 Å². The standard InChI is InChI=1S/C17H14F3N5O2S/c1-11-3-2-4-13(9-11)25-16(22-23-24-25)28-10-15(26)21-12-5-7-14(8-6-12)27-17(18,19)20/h2-9H,10H2,1H3,(H,21,26). The SMILES string of the molecule is Cc1cccc(-n2nnnc2SCC(=O)Nc2ccc(OC(F)(F)F)cc2)c1. The van der Waals surface area contributed by atoms with E-state index < -0.39 is 6.36 Å². The fourth-order valence-corrected chi connectivity index (χ4v) is 2.95. The average Bonchev–Trinajstić information content (AvgIpc) is 3.09. The number of amides is 1. The molecule has 1 amide bonds. The second kappa shape index (κ2) is 8.30. The zero-order chi connectivity index (χ0) is 20.1. The van der Waals surface area contributed by atoms with Crippen molar-refractivity contribution in [1.82, 2.24) is 20.2 Å². The van der Waals surface area contributed by atoms with Crippen molar-refractivity contribution in [3.63, 3.8) is 0 Å². The van der Waals surface area contributed by atoms with Crippen molar-refractivity contribution in [3.8, 4) is 11.4 Å². The van der Waals surface area contributed by atoms with Crippen LogP contribution in [0.1, 0.15) is 5.56 Å². The van der Waals surface area contributed by atoms with E-state index in [9.17, 15) is 18.0 Å². The Balaban J connectivity index is 1.58. The van der Waals surface area contributed by atoms with Crippen molar-refractivity contribution in [2.45, 2.75) is 18.4 Å². The van der Waals surface area contributed by atoms with E-state index in [1.807, 2.05) is 31.2 Å². The number of ether oxygens (including phenoxy) is 1. The third kappa shape index (κ3) is 5.46. The summed E-state index contributed by atoms with van der Waals surface area (Å²) in [5, 5.41) is 14.5. The maximum absolute atomic E-state index is 12.2. The molecule has 0 aliphatic heterocycles. The molecule has 146 valence electrons. The summed E-state index contributed by atoms with van der Waals surface area (Å²) in [6.07, 6.45) is -4.76. The van der Waals surface area contributed by atoms with Crippen LogP contribution in [-0.2, 0) is 4.79 Å². The Morgan fingerprint density at radius 1 is 1.21 bits per heavy atom. The minimum atomic E-state index is -4.76. The second-order valence-electron chi connectivity index (χ2n) is 5.62. The van der Waals surface area contributed by atoms with E-state index in [1.54, 1.807) is 0 Å². The number of carbonyl (C=O) groups is 1. The molecule has 1 heterocycles. The summed E-state index contributed by atoms with van der Waals surface area (Å²) in [7, 11) is 0. The molecule has 0 aliphatic rings. The predicted octanol–water partition coefficient (Wildman–Crippen LogP) is 3.60. The van der Waals surface area contributed by atoms with E-state index in [4.69, 9.17) is 0 Å². The fourth-order valence-electron chi connectivity index (χ4n) is 2.26. The number of anilines is 1. The van der Waals surface area contributed by atoms with E-state index in [1.165, 1.54) is 16.8 Å². The van der Waals surface area contributed by atoms with Crippen molar-refractivity contribution in [1.29, 1.82) is 0 Å². The molecule has 0 radical (unpaired) electrons. The third-order valence-electron chi connectivity index (χ3n) is 3.39. The lowest BCUT2D eigenvalue weighted by molar-refractivity contribution is -0.274. The van der Waals surface area contributed by atoms with Crippen LogP contribution >= 0.6 is 11.8 Å². The van der Waals surface area contributed by atoms with Crippen molar-refractivity contribution in [2.24, 2.45) is 0 Å². The number of tetrazole rings is 1. The smallest absolute Gasteiger partial charge is 0.406 e. The molecule has 3 rings (SSSR count). The number of hydrogen-bond donors (Lipinski definition) is 1. The van der Waals surface area contributed by atoms with E-state index in [2.05, 4.69) is 25.6 Å². The Morgan fingerprint density at radius 2 is 1.96 bits per heavy atom. The molecule has 11 heteroatoms. The van der Waals surface area contributed by atoms with Gasteiger partial charge >= 0.3 is 6.36 Å². The number of alkyl halides is 3. The second-order valence-corrected chi connectivity index (χ2v) is 6.56. The van der Waals surface area contributed by atoms with Gasteiger partial charge in [-0.15, -0.1) is 18.3 Å². The number of nitrogens with one attached hydrogen (secondary N) is 1. The summed E-state index contributed by atoms with van der Waals surface area (Å²) >= 11 is 1.13. The summed E-state index contributed by atoms with van der Waals surface area (Å²) in [6.45, 7) is 1.94. The van der Waals surface area contributed by atoms with Gasteiger partial charge in [0.2, 0.25) is 11.1 Å². The van der Waals surface area contributed by atoms with Gasteiger partial charge in [-0.3, -0.25) is 4.79 Å². The highest BCUT2D eigenvalue weighted by molar-refractivity contribution is 7.99. The molecule has 0 spiro atoms. The number of nitrogens with zero attached hydrogens (tertiary/aromatic N) is 4. The van der Waals surface area contributed by atoms with Gasteiger partial charge in [0.1, 0.15) is 5.75 Å². The lowest BCUT2D eigenvalue weighted by Crippen LogP contribution is -2.17. The lowest BCUT2D eigenvalue weighted by atomic mass is 10.2. The maximum atomic E-state index is 12.2. The molecule has 0 atom stereocenters. The van der Waals surface area contributed by atoms with Crippen molar-refractivity contribution >= 4 is 23.4 Å². The number of benzene rings is 2. The fraction of sp³-hybridized carbons (Fsp3) is 0.176. The number of carbonyl (C=O) groups excluding carboxylic acids is 1. The highest BCUT2D eigenvalue weighted by atomic mass is 32.2. The predicted molar refractivity (Wildman–Crippen MR) is 96.4 cm³/mol. The van der Waals surface area contributed by atoms with Gasteiger partial charge in [0.05, 0.1) is 11.4 Å². The Labute approximate surface area is 161 Å². The van der Waals surface area contributed by atoms with Gasteiger partial charge in [0.15, 0.2) is 0 Å². The molecule has 0 bridgehead atoms. The molecule has 0 unspecified atom stereocenters. The van der Waals surface area contributed by atoms with Crippen LogP contribution in [0.2, 0.25) is 0 Å². The quantitative estimate of drug-likeness (QED) is 0.627. The summed E-state index contributed by atoms with van der Waals surface area (Å²) in [5.74, 6) is -0.696. The average molecular weight is 409 g/mol. The minimum absolute atomic E-state index is 0.0208. The highest BCUT2D eigenvalue weighted by Gasteiger charge is 2.30. The molecule has 1 aromatic heterocycles. The normalized spacial score (nSPS) is 11.3. The Bertz CT molecular complexity index is 960. The van der Waals surface area contributed by atoms with Crippen LogP contribution in [0.15, 0.2) is 53.7 Å². The number of aryl methyl sites for hydroxylation is 1. The van der Waals surface area contributed by atoms with E-state index in [0.29, 0.717) is 10.8 Å². The van der Waals surface area contributed by atoms with Gasteiger partial charge in [-0.2, -0.15) is 4.68 Å². The van der Waals surface area contributed by atoms with Gasteiger partial charge in [0, 0.05) is 5.69 Å². The lowest BCUT2D eigenvalue weighted by Gasteiger charge is -2.10. The topological polar surface area (TPSA) is 81.9 Å². The van der Waals surface area contributed by atoms with Crippen LogP contribution in [0.25, 0.3) is 5.69 Å². The van der Waals surface area contributed by atoms with Crippen molar-refractivity contribution in [2.75, 3.05) is 11.1 Å². The van der Waals surface area contributed by atoms with Crippen LogP contribution in [0.5, 0.6) is 5.75 Å². The summed E-state index contributed by atoms with van der Waals surface area (Å²) in [6, 6.07) is 12.5. The molecule has 2 aromatic carbocycles. The molecule has 3 aromatic rings. The number of hydrogen-bond acceptors (Lipinski definition) is 6. The first kappa shape index (κ1) is 19.7. The maximum Gasteiger partial charge on any atom is 0.573 e. The zero-order valence-corrected chi connectivity index (χ0v) is 15.3. The Morgan fingerprint density at radius 3 is 2.64 bits per heavy atom. The molecular formula is C17H14F3N5O2S. The molecule has 28 heavy (non-hydrogen) atoms. The number of thioether (sulfide) groups is 1. The largest absolute Gasteiger partial charge is 0.573 e. The van der Waals surface area contributed by atoms with E-state index >= 15 is 0 Å². The van der Waals surface area contributed by atoms with Crippen molar-refractivity contribution < 1.29 is 22.7 Å². The van der Waals surface area contributed by atoms with Gasteiger partial charge < -0.3 is 10.1 Å². The molecule has 0 fully saturated rings. The van der Waals surface area contributed by atoms with Crippen LogP contribution in [-0.4, -0.2) is 38.2 Å². The number of aromatic nitrogens is 4. The number of halogens is 3. The first-order chi connectivity index (χ1) is 13.3. The molecule has 0 saturated heterocycles. The van der Waals surface area contributed by atoms with Crippen LogP contribution in [0, 0.1) is 6.92 Å². The van der Waals surface area contributed by atoms with Gasteiger partial charge in [-0.25, -0.2) is 0 Å². The summed E-state index contributed by atoms with van der Waals surface area (Å²) in [4.78, 5) is 12.1. The third-order valence-corrected chi connectivity index (χ3v) is 4.31. The first-order valence-corrected chi connectivity index (χ1v) is 8.92. The molecule has 7 nitrogen and oxygen atoms in total. The number of rotatable bonds is 6. The molecule has 0 saturated carbocycles. The first-order valence-electron chi connectivity index (χ1n) is 7.94. The minimum Gasteiger partial charge on any atom is -0.406 e. The highest BCUT2D eigenvalue weighted by Crippen LogP contribution is 2.24. The van der Waals surface area contributed by atoms with E-state index in [-0.39, 0.29) is 17.4 Å². The Kier molecular flexibility index (Phi) is 5.83. The van der Waals surface area contributed by atoms with E-state index in [0.717, 1.165) is 35.1 Å². The summed E-state index contributed by atoms with van der Waals surface area (Å²) < 4.78 is 41.8. The van der Waals surface area contributed by atoms with Crippen LogP contribution in [0.4, 0.5) is 18.9 Å². The van der Waals surface area contributed by atoms with Gasteiger partial charge in [-0.05, 0) is 59.3 Å². The van der Waals surface area contributed by atoms with Gasteiger partial charge in [0.25, 0.3) is 0 Å². The molecular weight excluding hydrogens is 395 g/mol. The van der Waals surface area contributed by atoms with Crippen LogP contribution < -0.4 is 10.1 Å². The summed E-state index contributed by atoms with van der Waals surface area (Å²) in [5.41, 5.74) is 2.16. The van der Waals surface area contributed by atoms with Crippen LogP contribution in [0.3, 0.4) is 0 Å².